The maximum Gasteiger partial charge on any atom is 0.317 e. The number of hydrogen-bond acceptors (Lipinski definition) is 9. The number of carbonyl (C=O) groups excluding carboxylic acids is 1. The summed E-state index contributed by atoms with van der Waals surface area (Å²) in [6.45, 7) is 3.34. The summed E-state index contributed by atoms with van der Waals surface area (Å²) in [4.78, 5) is 25.2. The van der Waals surface area contributed by atoms with Crippen molar-refractivity contribution < 1.29 is 13.9 Å². The Morgan fingerprint density at radius 1 is 0.923 bits per heavy atom. The van der Waals surface area contributed by atoms with Crippen LogP contribution in [0.3, 0.4) is 0 Å². The average molecular weight is 522 g/mol. The number of benzodiazepines with no additional fused rings is 1. The summed E-state index contributed by atoms with van der Waals surface area (Å²) in [5, 5.41) is 14.5. The number of aromatic nitrogens is 3. The molecule has 0 spiro atoms. The van der Waals surface area contributed by atoms with Gasteiger partial charge in [0, 0.05) is 16.8 Å². The van der Waals surface area contributed by atoms with Crippen LogP contribution >= 0.6 is 0 Å². The zero-order valence-corrected chi connectivity index (χ0v) is 21.4. The van der Waals surface area contributed by atoms with Gasteiger partial charge in [0.05, 0.1) is 42.3 Å². The third kappa shape index (κ3) is 4.32. The Morgan fingerprint density at radius 3 is 2.51 bits per heavy atom. The minimum absolute atomic E-state index is 0.101. The number of carbonyl (C=O) groups is 1. The summed E-state index contributed by atoms with van der Waals surface area (Å²) in [6.07, 6.45) is 1.15. The largest absolute Gasteiger partial charge is 0.403 e. The Balaban J connectivity index is 1.22. The molecule has 3 atom stereocenters. The van der Waals surface area contributed by atoms with E-state index >= 15 is 0 Å². The molecule has 2 aromatic carbocycles. The first-order chi connectivity index (χ1) is 19.1. The van der Waals surface area contributed by atoms with Crippen LogP contribution in [0.4, 0.5) is 17.5 Å². The lowest BCUT2D eigenvalue weighted by Gasteiger charge is -2.36. The molecule has 3 aliphatic rings. The van der Waals surface area contributed by atoms with Crippen molar-refractivity contribution in [3.05, 3.63) is 83.6 Å². The molecule has 2 unspecified atom stereocenters. The van der Waals surface area contributed by atoms with Crippen molar-refractivity contribution in [2.24, 2.45) is 4.99 Å². The Bertz CT molecular complexity index is 1550. The predicted molar refractivity (Wildman–Crippen MR) is 147 cm³/mol. The molecule has 2 bridgehead atoms. The summed E-state index contributed by atoms with van der Waals surface area (Å²) in [5.74, 6) is 0.833. The van der Waals surface area contributed by atoms with Gasteiger partial charge in [-0.05, 0) is 38.0 Å². The Kier molecular flexibility index (Phi) is 5.81. The molecule has 2 saturated heterocycles. The molecule has 1 amide bonds. The molecule has 10 nitrogen and oxygen atoms in total. The molecule has 2 N–H and O–H groups in total. The van der Waals surface area contributed by atoms with Gasteiger partial charge >= 0.3 is 6.01 Å². The number of morpholine rings is 1. The number of aliphatic imine (C=N–C) groups is 1. The van der Waals surface area contributed by atoms with Crippen LogP contribution in [0.1, 0.15) is 29.7 Å². The molecule has 39 heavy (non-hydrogen) atoms. The van der Waals surface area contributed by atoms with E-state index in [1.165, 1.54) is 0 Å². The molecule has 5 heterocycles. The maximum atomic E-state index is 13.2. The van der Waals surface area contributed by atoms with Gasteiger partial charge in [-0.3, -0.25) is 4.79 Å². The Labute approximate surface area is 225 Å². The second-order valence-corrected chi connectivity index (χ2v) is 9.99. The van der Waals surface area contributed by atoms with Crippen LogP contribution in [0.25, 0.3) is 11.5 Å². The van der Waals surface area contributed by atoms with E-state index in [0.717, 1.165) is 41.0 Å². The molecule has 0 saturated carbocycles. The summed E-state index contributed by atoms with van der Waals surface area (Å²) < 4.78 is 11.8. The normalized spacial score (nSPS) is 22.1. The molecular weight excluding hydrogens is 494 g/mol. The van der Waals surface area contributed by atoms with Crippen molar-refractivity contribution >= 4 is 29.1 Å². The average Bonchev–Trinajstić information content (AvgIpc) is 3.48. The fraction of sp³-hybridized carbons (Fsp3) is 0.276. The lowest BCUT2D eigenvalue weighted by Crippen LogP contribution is -2.46. The van der Waals surface area contributed by atoms with Crippen LogP contribution in [0.15, 0.2) is 76.1 Å². The van der Waals surface area contributed by atoms with Crippen molar-refractivity contribution in [2.75, 3.05) is 28.7 Å². The second kappa shape index (κ2) is 9.63. The van der Waals surface area contributed by atoms with Gasteiger partial charge in [0.25, 0.3) is 11.8 Å². The van der Waals surface area contributed by atoms with Gasteiger partial charge in [0.2, 0.25) is 6.17 Å². The number of nitrogens with zero attached hydrogens (tertiary/aromatic N) is 5. The van der Waals surface area contributed by atoms with Gasteiger partial charge in [-0.15, -0.1) is 5.10 Å². The molecule has 2 aromatic heterocycles. The second-order valence-electron chi connectivity index (χ2n) is 9.99. The van der Waals surface area contributed by atoms with Crippen LogP contribution in [0.5, 0.6) is 0 Å². The molecule has 0 radical (unpaired) electrons. The maximum absolute atomic E-state index is 13.2. The van der Waals surface area contributed by atoms with E-state index < -0.39 is 6.17 Å². The zero-order valence-electron chi connectivity index (χ0n) is 21.4. The molecule has 10 heteroatoms. The van der Waals surface area contributed by atoms with Crippen molar-refractivity contribution in [2.45, 2.75) is 38.0 Å². The van der Waals surface area contributed by atoms with Gasteiger partial charge in [-0.2, -0.15) is 0 Å². The number of benzene rings is 2. The van der Waals surface area contributed by atoms with Crippen LogP contribution in [0, 0.1) is 6.92 Å². The fourth-order valence-electron chi connectivity index (χ4n) is 5.57. The summed E-state index contributed by atoms with van der Waals surface area (Å²) >= 11 is 0. The van der Waals surface area contributed by atoms with Crippen molar-refractivity contribution in [1.29, 1.82) is 0 Å². The molecule has 4 aromatic rings. The highest BCUT2D eigenvalue weighted by Crippen LogP contribution is 2.38. The number of anilines is 3. The van der Waals surface area contributed by atoms with Gasteiger partial charge in [0.1, 0.15) is 5.82 Å². The standard InChI is InChI=1S/C29H27N7O3/c1-17-11-14-22(26(30-17)36-19-12-13-20(36)16-38-15-19)28-34-35-29(39-28)33-25-27(37)31-23-10-6-5-9-21(23)24(32-25)18-7-3-2-4-8-18/h2-11,14,19-20,25H,12-13,15-16H2,1H3,(H,31,37)(H,33,35)/t19?,20?,25-/m1/s1. The number of hydrogen-bond donors (Lipinski definition) is 2. The molecular formula is C29H27N7O3. The van der Waals surface area contributed by atoms with E-state index in [9.17, 15) is 4.79 Å². The van der Waals surface area contributed by atoms with Crippen molar-refractivity contribution in [1.82, 2.24) is 15.2 Å². The molecule has 0 aliphatic carbocycles. The third-order valence-electron chi connectivity index (χ3n) is 7.41. The first kappa shape index (κ1) is 23.5. The number of pyridine rings is 1. The zero-order chi connectivity index (χ0) is 26.3. The van der Waals surface area contributed by atoms with Crippen LogP contribution < -0.4 is 15.5 Å². The molecule has 196 valence electrons. The van der Waals surface area contributed by atoms with E-state index in [2.05, 4.69) is 25.7 Å². The van der Waals surface area contributed by atoms with Crippen LogP contribution in [-0.2, 0) is 9.53 Å². The quantitative estimate of drug-likeness (QED) is 0.404. The van der Waals surface area contributed by atoms with E-state index in [1.54, 1.807) is 0 Å². The highest BCUT2D eigenvalue weighted by molar-refractivity contribution is 6.19. The van der Waals surface area contributed by atoms with E-state index in [0.29, 0.717) is 30.5 Å². The number of para-hydroxylation sites is 1. The molecule has 7 rings (SSSR count). The van der Waals surface area contributed by atoms with E-state index in [-0.39, 0.29) is 24.0 Å². The van der Waals surface area contributed by atoms with Crippen molar-refractivity contribution in [3.8, 4) is 11.5 Å². The number of amides is 1. The van der Waals surface area contributed by atoms with Gasteiger partial charge < -0.3 is 24.7 Å². The minimum Gasteiger partial charge on any atom is -0.403 e. The van der Waals surface area contributed by atoms with Gasteiger partial charge in [0.15, 0.2) is 0 Å². The highest BCUT2D eigenvalue weighted by Gasteiger charge is 2.40. The van der Waals surface area contributed by atoms with Crippen LogP contribution in [-0.4, -0.2) is 58.3 Å². The number of nitrogens with one attached hydrogen (secondary N) is 2. The molecule has 3 aliphatic heterocycles. The summed E-state index contributed by atoms with van der Waals surface area (Å²) in [6, 6.07) is 21.9. The van der Waals surface area contributed by atoms with E-state index in [4.69, 9.17) is 19.1 Å². The van der Waals surface area contributed by atoms with E-state index in [1.807, 2.05) is 73.7 Å². The van der Waals surface area contributed by atoms with Crippen molar-refractivity contribution in [3.63, 3.8) is 0 Å². The minimum atomic E-state index is -0.980. The SMILES string of the molecule is Cc1ccc(-c2nnc(N[C@H]3N=C(c4ccccc4)c4ccccc4NC3=O)o2)c(N2C3CCC2COC3)n1. The first-order valence-corrected chi connectivity index (χ1v) is 13.1. The summed E-state index contributed by atoms with van der Waals surface area (Å²) in [5.41, 5.74) is 4.78. The lowest BCUT2D eigenvalue weighted by atomic mass is 10.0. The summed E-state index contributed by atoms with van der Waals surface area (Å²) in [7, 11) is 0. The number of aryl methyl sites for hydroxylation is 1. The first-order valence-electron chi connectivity index (χ1n) is 13.1. The fourth-order valence-corrected chi connectivity index (χ4v) is 5.57. The van der Waals surface area contributed by atoms with Gasteiger partial charge in [-0.25, -0.2) is 9.98 Å². The monoisotopic (exact) mass is 521 g/mol. The lowest BCUT2D eigenvalue weighted by molar-refractivity contribution is -0.116. The number of ether oxygens (including phenoxy) is 1. The van der Waals surface area contributed by atoms with Gasteiger partial charge in [-0.1, -0.05) is 53.6 Å². The number of fused-ring (bicyclic) bond motifs is 3. The Morgan fingerprint density at radius 2 is 1.69 bits per heavy atom. The third-order valence-corrected chi connectivity index (χ3v) is 7.41. The smallest absolute Gasteiger partial charge is 0.317 e. The van der Waals surface area contributed by atoms with Crippen LogP contribution in [0.2, 0.25) is 0 Å². The topological polar surface area (TPSA) is 118 Å². The number of rotatable bonds is 5. The Hall–Kier alpha value is -4.57. The molecule has 2 fully saturated rings. The predicted octanol–water partition coefficient (Wildman–Crippen LogP) is 4.04. The highest BCUT2D eigenvalue weighted by atomic mass is 16.5.